The van der Waals surface area contributed by atoms with Crippen molar-refractivity contribution in [2.75, 3.05) is 0 Å². The minimum atomic E-state index is -0.283. The molecule has 0 bridgehead atoms. The first kappa shape index (κ1) is 10.0. The molecule has 0 radical (unpaired) electrons. The second-order valence-corrected chi connectivity index (χ2v) is 4.49. The van der Waals surface area contributed by atoms with Crippen LogP contribution in [-0.2, 0) is 5.41 Å². The highest BCUT2D eigenvalue weighted by Gasteiger charge is 2.46. The summed E-state index contributed by atoms with van der Waals surface area (Å²) >= 11 is 0. The summed E-state index contributed by atoms with van der Waals surface area (Å²) in [7, 11) is 0. The van der Waals surface area contributed by atoms with Gasteiger partial charge in [0, 0.05) is 11.8 Å². The Morgan fingerprint density at radius 2 is 1.76 bits per heavy atom. The molecule has 1 aromatic carbocycles. The lowest BCUT2D eigenvalue weighted by molar-refractivity contribution is 0.855. The van der Waals surface area contributed by atoms with E-state index in [4.69, 9.17) is 5.26 Å². The fourth-order valence-electron chi connectivity index (χ4n) is 2.03. The predicted molar refractivity (Wildman–Crippen MR) is 66.2 cm³/mol. The maximum absolute atomic E-state index is 9.11. The zero-order chi connectivity index (χ0) is 11.7. The number of nitriles is 1. The maximum atomic E-state index is 9.11. The Kier molecular flexibility index (Phi) is 2.19. The molecule has 0 amide bonds. The largest absolute Gasteiger partial charge is 0.259 e. The van der Waals surface area contributed by atoms with Gasteiger partial charge in [-0.15, -0.1) is 0 Å². The Bertz CT molecular complexity index is 560. The molecular formula is C15H12N2. The molecule has 1 aliphatic carbocycles. The van der Waals surface area contributed by atoms with E-state index in [0.29, 0.717) is 0 Å². The highest BCUT2D eigenvalue weighted by molar-refractivity contribution is 5.62. The van der Waals surface area contributed by atoms with Gasteiger partial charge in [-0.3, -0.25) is 4.98 Å². The van der Waals surface area contributed by atoms with Gasteiger partial charge < -0.3 is 0 Å². The number of pyridine rings is 1. The monoisotopic (exact) mass is 220 g/mol. The SMILES string of the molecule is N#CC1(c2ccc(-c3ccccc3)cn2)CC1. The van der Waals surface area contributed by atoms with E-state index in [0.717, 1.165) is 29.7 Å². The Balaban J connectivity index is 1.94. The van der Waals surface area contributed by atoms with E-state index >= 15 is 0 Å². The van der Waals surface area contributed by atoms with E-state index in [1.54, 1.807) is 0 Å². The summed E-state index contributed by atoms with van der Waals surface area (Å²) in [4.78, 5) is 4.44. The summed E-state index contributed by atoms with van der Waals surface area (Å²) in [6, 6.07) is 16.6. The van der Waals surface area contributed by atoms with Crippen molar-refractivity contribution in [1.82, 2.24) is 4.98 Å². The fraction of sp³-hybridized carbons (Fsp3) is 0.200. The van der Waals surface area contributed by atoms with Crippen LogP contribution in [0.1, 0.15) is 18.5 Å². The summed E-state index contributed by atoms with van der Waals surface area (Å²) in [5, 5.41) is 9.11. The maximum Gasteiger partial charge on any atom is 0.0994 e. The smallest absolute Gasteiger partial charge is 0.0994 e. The number of benzene rings is 1. The van der Waals surface area contributed by atoms with Crippen LogP contribution in [0.15, 0.2) is 48.7 Å². The average Bonchev–Trinajstić information content (AvgIpc) is 3.21. The van der Waals surface area contributed by atoms with Crippen molar-refractivity contribution in [3.63, 3.8) is 0 Å². The third kappa shape index (κ3) is 1.70. The van der Waals surface area contributed by atoms with Crippen molar-refractivity contribution >= 4 is 0 Å². The number of aromatic nitrogens is 1. The lowest BCUT2D eigenvalue weighted by Gasteiger charge is -2.06. The van der Waals surface area contributed by atoms with Crippen molar-refractivity contribution in [3.05, 3.63) is 54.4 Å². The topological polar surface area (TPSA) is 36.7 Å². The van der Waals surface area contributed by atoms with Crippen LogP contribution in [0, 0.1) is 11.3 Å². The van der Waals surface area contributed by atoms with Crippen LogP contribution < -0.4 is 0 Å². The first-order chi connectivity index (χ1) is 8.34. The van der Waals surface area contributed by atoms with Crippen molar-refractivity contribution in [2.24, 2.45) is 0 Å². The molecule has 3 rings (SSSR count). The van der Waals surface area contributed by atoms with Gasteiger partial charge in [0.1, 0.15) is 0 Å². The highest BCUT2D eigenvalue weighted by Crippen LogP contribution is 2.46. The molecule has 2 nitrogen and oxygen atoms in total. The molecule has 0 saturated heterocycles. The molecule has 1 saturated carbocycles. The van der Waals surface area contributed by atoms with Crippen LogP contribution in [-0.4, -0.2) is 4.98 Å². The summed E-state index contributed by atoms with van der Waals surface area (Å²) < 4.78 is 0. The van der Waals surface area contributed by atoms with Gasteiger partial charge in [0.2, 0.25) is 0 Å². The Labute approximate surface area is 101 Å². The molecule has 2 heteroatoms. The van der Waals surface area contributed by atoms with E-state index in [1.165, 1.54) is 0 Å². The number of rotatable bonds is 2. The number of nitrogens with zero attached hydrogens (tertiary/aromatic N) is 2. The molecule has 0 atom stereocenters. The minimum Gasteiger partial charge on any atom is -0.259 e. The van der Waals surface area contributed by atoms with Crippen LogP contribution in [0.25, 0.3) is 11.1 Å². The van der Waals surface area contributed by atoms with Gasteiger partial charge in [-0.1, -0.05) is 36.4 Å². The van der Waals surface area contributed by atoms with Gasteiger partial charge in [-0.05, 0) is 24.5 Å². The lowest BCUT2D eigenvalue weighted by Crippen LogP contribution is -2.04. The minimum absolute atomic E-state index is 0.283. The third-order valence-electron chi connectivity index (χ3n) is 3.32. The van der Waals surface area contributed by atoms with Crippen LogP contribution >= 0.6 is 0 Å². The van der Waals surface area contributed by atoms with Crippen molar-refractivity contribution in [1.29, 1.82) is 5.26 Å². The van der Waals surface area contributed by atoms with E-state index in [9.17, 15) is 0 Å². The van der Waals surface area contributed by atoms with Crippen molar-refractivity contribution in [2.45, 2.75) is 18.3 Å². The molecular weight excluding hydrogens is 208 g/mol. The summed E-state index contributed by atoms with van der Waals surface area (Å²) in [6.07, 6.45) is 3.75. The Hall–Kier alpha value is -2.14. The zero-order valence-corrected chi connectivity index (χ0v) is 9.43. The quantitative estimate of drug-likeness (QED) is 0.778. The molecule has 1 heterocycles. The molecule has 2 aromatic rings. The molecule has 82 valence electrons. The van der Waals surface area contributed by atoms with E-state index in [1.807, 2.05) is 30.5 Å². The van der Waals surface area contributed by atoms with Gasteiger partial charge in [0.15, 0.2) is 0 Å². The predicted octanol–water partition coefficient (Wildman–Crippen LogP) is 3.30. The Morgan fingerprint density at radius 1 is 1.00 bits per heavy atom. The first-order valence-corrected chi connectivity index (χ1v) is 5.77. The van der Waals surface area contributed by atoms with Gasteiger partial charge in [-0.25, -0.2) is 0 Å². The number of hydrogen-bond donors (Lipinski definition) is 0. The van der Waals surface area contributed by atoms with Crippen LogP contribution in [0.4, 0.5) is 0 Å². The van der Waals surface area contributed by atoms with Gasteiger partial charge in [-0.2, -0.15) is 5.26 Å². The first-order valence-electron chi connectivity index (χ1n) is 5.77. The standard InChI is InChI=1S/C15H12N2/c16-11-15(8-9-15)14-7-6-13(10-17-14)12-4-2-1-3-5-12/h1-7,10H,8-9H2. The second kappa shape index (κ2) is 3.71. The van der Waals surface area contributed by atoms with Crippen molar-refractivity contribution in [3.8, 4) is 17.2 Å². The third-order valence-corrected chi connectivity index (χ3v) is 3.32. The molecule has 17 heavy (non-hydrogen) atoms. The van der Waals surface area contributed by atoms with E-state index < -0.39 is 0 Å². The average molecular weight is 220 g/mol. The molecule has 0 unspecified atom stereocenters. The summed E-state index contributed by atoms with van der Waals surface area (Å²) in [5.41, 5.74) is 2.89. The van der Waals surface area contributed by atoms with Crippen LogP contribution in [0.2, 0.25) is 0 Å². The van der Waals surface area contributed by atoms with Gasteiger partial charge in [0.25, 0.3) is 0 Å². The van der Waals surface area contributed by atoms with Gasteiger partial charge in [0.05, 0.1) is 17.2 Å². The molecule has 1 fully saturated rings. The van der Waals surface area contributed by atoms with Crippen molar-refractivity contribution < 1.29 is 0 Å². The fourth-order valence-corrected chi connectivity index (χ4v) is 2.03. The highest BCUT2D eigenvalue weighted by atomic mass is 14.7. The molecule has 1 aliphatic rings. The summed E-state index contributed by atoms with van der Waals surface area (Å²) in [6.45, 7) is 0. The van der Waals surface area contributed by atoms with E-state index in [2.05, 4.69) is 29.3 Å². The number of hydrogen-bond acceptors (Lipinski definition) is 2. The van der Waals surface area contributed by atoms with Crippen LogP contribution in [0.5, 0.6) is 0 Å². The normalized spacial score (nSPS) is 16.2. The zero-order valence-electron chi connectivity index (χ0n) is 9.43. The second-order valence-electron chi connectivity index (χ2n) is 4.49. The van der Waals surface area contributed by atoms with Crippen LogP contribution in [0.3, 0.4) is 0 Å². The molecule has 0 spiro atoms. The summed E-state index contributed by atoms with van der Waals surface area (Å²) in [5.74, 6) is 0. The molecule has 0 aliphatic heterocycles. The molecule has 1 aromatic heterocycles. The van der Waals surface area contributed by atoms with Gasteiger partial charge >= 0.3 is 0 Å². The Morgan fingerprint density at radius 3 is 2.29 bits per heavy atom. The molecule has 0 N–H and O–H groups in total. The lowest BCUT2D eigenvalue weighted by atomic mass is 10.0. The van der Waals surface area contributed by atoms with E-state index in [-0.39, 0.29) is 5.41 Å².